The Hall–Kier alpha value is -3.09. The number of hydrazine groups is 1. The molecule has 7 heteroatoms. The zero-order valence-corrected chi connectivity index (χ0v) is 14.8. The third kappa shape index (κ3) is 4.72. The van der Waals surface area contributed by atoms with Crippen LogP contribution in [0.5, 0.6) is 0 Å². The third-order valence-electron chi connectivity index (χ3n) is 4.30. The van der Waals surface area contributed by atoms with Gasteiger partial charge in [0.1, 0.15) is 5.82 Å². The molecular weight excluding hydrogens is 330 g/mol. The predicted molar refractivity (Wildman–Crippen MR) is 99.7 cm³/mol. The molecule has 2 heterocycles. The molecule has 3 N–H and O–H groups in total. The molecule has 3 amide bonds. The maximum Gasteiger partial charge on any atom is 0.333 e. The summed E-state index contributed by atoms with van der Waals surface area (Å²) in [6.07, 6.45) is 4.13. The molecule has 2 aromatic rings. The SMILES string of the molecule is Cc1ccc(C(=O)NNC(=O)NCc2ccnc(N3CCCC3)c2)cc1. The summed E-state index contributed by atoms with van der Waals surface area (Å²) in [7, 11) is 0. The minimum atomic E-state index is -0.468. The first kappa shape index (κ1) is 17.7. The molecule has 0 aliphatic carbocycles. The fraction of sp³-hybridized carbons (Fsp3) is 0.316. The number of benzene rings is 1. The molecule has 0 spiro atoms. The van der Waals surface area contributed by atoms with E-state index in [-0.39, 0.29) is 5.91 Å². The Labute approximate surface area is 152 Å². The van der Waals surface area contributed by atoms with Gasteiger partial charge in [-0.25, -0.2) is 15.2 Å². The standard InChI is InChI=1S/C19H23N5O2/c1-14-4-6-16(7-5-14)18(25)22-23-19(26)21-13-15-8-9-20-17(12-15)24-10-2-3-11-24/h4-9,12H,2-3,10-11,13H2,1H3,(H,22,25)(H2,21,23,26). The lowest BCUT2D eigenvalue weighted by molar-refractivity contribution is 0.0936. The van der Waals surface area contributed by atoms with Crippen LogP contribution in [0.15, 0.2) is 42.6 Å². The normalized spacial score (nSPS) is 13.3. The van der Waals surface area contributed by atoms with Gasteiger partial charge in [0.2, 0.25) is 0 Å². The molecule has 1 aromatic heterocycles. The van der Waals surface area contributed by atoms with Gasteiger partial charge in [-0.15, -0.1) is 0 Å². The summed E-state index contributed by atoms with van der Waals surface area (Å²) in [5.41, 5.74) is 7.26. The van der Waals surface area contributed by atoms with Crippen molar-refractivity contribution in [2.45, 2.75) is 26.3 Å². The summed E-state index contributed by atoms with van der Waals surface area (Å²) in [5.74, 6) is 0.579. The highest BCUT2D eigenvalue weighted by Gasteiger charge is 2.13. The molecule has 0 atom stereocenters. The van der Waals surface area contributed by atoms with Crippen LogP contribution in [0.2, 0.25) is 0 Å². The molecule has 26 heavy (non-hydrogen) atoms. The Balaban J connectivity index is 1.46. The van der Waals surface area contributed by atoms with Gasteiger partial charge in [0.25, 0.3) is 5.91 Å². The second kappa shape index (κ2) is 8.33. The van der Waals surface area contributed by atoms with Gasteiger partial charge < -0.3 is 10.2 Å². The van der Waals surface area contributed by atoms with Crippen molar-refractivity contribution in [3.05, 3.63) is 59.3 Å². The summed E-state index contributed by atoms with van der Waals surface area (Å²) in [4.78, 5) is 30.5. The van der Waals surface area contributed by atoms with E-state index >= 15 is 0 Å². The van der Waals surface area contributed by atoms with E-state index in [1.54, 1.807) is 18.3 Å². The minimum absolute atomic E-state index is 0.357. The van der Waals surface area contributed by atoms with E-state index in [4.69, 9.17) is 0 Å². The molecule has 1 saturated heterocycles. The Morgan fingerprint density at radius 3 is 2.54 bits per heavy atom. The Kier molecular flexibility index (Phi) is 5.68. The van der Waals surface area contributed by atoms with Crippen molar-refractivity contribution in [3.8, 4) is 0 Å². The number of rotatable bonds is 4. The van der Waals surface area contributed by atoms with Crippen LogP contribution in [-0.2, 0) is 6.54 Å². The van der Waals surface area contributed by atoms with Gasteiger partial charge in [0.05, 0.1) is 0 Å². The average Bonchev–Trinajstić information content (AvgIpc) is 3.20. The highest BCUT2D eigenvalue weighted by molar-refractivity contribution is 5.95. The van der Waals surface area contributed by atoms with Gasteiger partial charge >= 0.3 is 6.03 Å². The smallest absolute Gasteiger partial charge is 0.333 e. The van der Waals surface area contributed by atoms with Crippen molar-refractivity contribution >= 4 is 17.8 Å². The number of aromatic nitrogens is 1. The molecule has 1 fully saturated rings. The van der Waals surface area contributed by atoms with E-state index in [9.17, 15) is 9.59 Å². The summed E-state index contributed by atoms with van der Waals surface area (Å²) in [6.45, 7) is 4.35. The zero-order chi connectivity index (χ0) is 18.4. The molecule has 3 rings (SSSR count). The van der Waals surface area contributed by atoms with E-state index in [1.165, 1.54) is 12.8 Å². The first-order chi connectivity index (χ1) is 12.6. The molecule has 0 bridgehead atoms. The first-order valence-corrected chi connectivity index (χ1v) is 8.72. The average molecular weight is 353 g/mol. The van der Waals surface area contributed by atoms with Crippen LogP contribution in [0.3, 0.4) is 0 Å². The number of urea groups is 1. The van der Waals surface area contributed by atoms with E-state index in [0.29, 0.717) is 12.1 Å². The van der Waals surface area contributed by atoms with Gasteiger partial charge in [0, 0.05) is 31.4 Å². The van der Waals surface area contributed by atoms with E-state index in [1.807, 2.05) is 31.2 Å². The van der Waals surface area contributed by atoms with Crippen LogP contribution in [0.25, 0.3) is 0 Å². The van der Waals surface area contributed by atoms with Gasteiger partial charge in [0.15, 0.2) is 0 Å². The molecule has 0 saturated carbocycles. The number of hydrogen-bond donors (Lipinski definition) is 3. The van der Waals surface area contributed by atoms with Crippen molar-refractivity contribution < 1.29 is 9.59 Å². The molecule has 7 nitrogen and oxygen atoms in total. The van der Waals surface area contributed by atoms with Gasteiger partial charge in [-0.3, -0.25) is 10.2 Å². The highest BCUT2D eigenvalue weighted by atomic mass is 16.2. The monoisotopic (exact) mass is 353 g/mol. The number of hydrogen-bond acceptors (Lipinski definition) is 4. The Morgan fingerprint density at radius 2 is 1.81 bits per heavy atom. The van der Waals surface area contributed by atoms with Crippen molar-refractivity contribution in [1.82, 2.24) is 21.2 Å². The van der Waals surface area contributed by atoms with Crippen LogP contribution in [0.4, 0.5) is 10.6 Å². The Morgan fingerprint density at radius 1 is 1.08 bits per heavy atom. The third-order valence-corrected chi connectivity index (χ3v) is 4.30. The van der Waals surface area contributed by atoms with Gasteiger partial charge in [-0.2, -0.15) is 0 Å². The van der Waals surface area contributed by atoms with Crippen LogP contribution < -0.4 is 21.1 Å². The van der Waals surface area contributed by atoms with Crippen LogP contribution >= 0.6 is 0 Å². The van der Waals surface area contributed by atoms with Crippen LogP contribution in [0.1, 0.15) is 34.3 Å². The minimum Gasteiger partial charge on any atom is -0.357 e. The molecule has 0 unspecified atom stereocenters. The number of carbonyl (C=O) groups is 2. The van der Waals surface area contributed by atoms with Crippen molar-refractivity contribution in [3.63, 3.8) is 0 Å². The number of pyridine rings is 1. The summed E-state index contributed by atoms with van der Waals surface area (Å²) in [6, 6.07) is 10.5. The quantitative estimate of drug-likeness (QED) is 0.735. The van der Waals surface area contributed by atoms with E-state index < -0.39 is 6.03 Å². The lowest BCUT2D eigenvalue weighted by Crippen LogP contribution is -2.46. The second-order valence-corrected chi connectivity index (χ2v) is 6.34. The summed E-state index contributed by atoms with van der Waals surface area (Å²) >= 11 is 0. The van der Waals surface area contributed by atoms with Crippen molar-refractivity contribution in [1.29, 1.82) is 0 Å². The zero-order valence-electron chi connectivity index (χ0n) is 14.8. The number of aryl methyl sites for hydroxylation is 1. The highest BCUT2D eigenvalue weighted by Crippen LogP contribution is 2.18. The van der Waals surface area contributed by atoms with Gasteiger partial charge in [-0.1, -0.05) is 17.7 Å². The molecule has 1 aliphatic heterocycles. The maximum atomic E-state index is 12.0. The molecule has 136 valence electrons. The van der Waals surface area contributed by atoms with E-state index in [2.05, 4.69) is 26.1 Å². The molecule has 0 radical (unpaired) electrons. The Bertz CT molecular complexity index is 770. The van der Waals surface area contributed by atoms with Gasteiger partial charge in [-0.05, 0) is 49.6 Å². The number of carbonyl (C=O) groups excluding carboxylic acids is 2. The molecule has 1 aromatic carbocycles. The number of amides is 3. The fourth-order valence-corrected chi connectivity index (χ4v) is 2.81. The predicted octanol–water partition coefficient (Wildman–Crippen LogP) is 2.13. The number of anilines is 1. The lowest BCUT2D eigenvalue weighted by atomic mass is 10.1. The summed E-state index contributed by atoms with van der Waals surface area (Å²) < 4.78 is 0. The van der Waals surface area contributed by atoms with Crippen molar-refractivity contribution in [2.24, 2.45) is 0 Å². The molecule has 1 aliphatic rings. The topological polar surface area (TPSA) is 86.4 Å². The number of nitrogens with one attached hydrogen (secondary N) is 3. The lowest BCUT2D eigenvalue weighted by Gasteiger charge is -2.17. The summed E-state index contributed by atoms with van der Waals surface area (Å²) in [5, 5.41) is 2.72. The first-order valence-electron chi connectivity index (χ1n) is 8.72. The van der Waals surface area contributed by atoms with E-state index in [0.717, 1.165) is 30.0 Å². The van der Waals surface area contributed by atoms with Crippen molar-refractivity contribution in [2.75, 3.05) is 18.0 Å². The van der Waals surface area contributed by atoms with Crippen LogP contribution in [0, 0.1) is 6.92 Å². The maximum absolute atomic E-state index is 12.0. The number of nitrogens with zero attached hydrogens (tertiary/aromatic N) is 2. The molecular formula is C19H23N5O2. The van der Waals surface area contributed by atoms with Crippen LogP contribution in [-0.4, -0.2) is 30.0 Å². The second-order valence-electron chi connectivity index (χ2n) is 6.34. The largest absolute Gasteiger partial charge is 0.357 e. The fourth-order valence-electron chi connectivity index (χ4n) is 2.81.